The number of hydrogen-bond donors (Lipinski definition) is 1. The van der Waals surface area contributed by atoms with Crippen molar-refractivity contribution < 1.29 is 4.74 Å². The van der Waals surface area contributed by atoms with Crippen LogP contribution in [0.15, 0.2) is 24.4 Å². The Balaban J connectivity index is 2.05. The van der Waals surface area contributed by atoms with E-state index in [1.54, 1.807) is 0 Å². The maximum Gasteiger partial charge on any atom is 0.0811 e. The molecule has 0 bridgehead atoms. The van der Waals surface area contributed by atoms with E-state index in [9.17, 15) is 0 Å². The fourth-order valence-electron chi connectivity index (χ4n) is 2.63. The molecule has 1 aliphatic heterocycles. The predicted octanol–water partition coefficient (Wildman–Crippen LogP) is 2.56. The molecule has 0 aliphatic carbocycles. The van der Waals surface area contributed by atoms with Gasteiger partial charge in [0.25, 0.3) is 0 Å². The van der Waals surface area contributed by atoms with Crippen molar-refractivity contribution in [3.8, 4) is 0 Å². The summed E-state index contributed by atoms with van der Waals surface area (Å²) in [4.78, 5) is 4.43. The van der Waals surface area contributed by atoms with Crippen LogP contribution in [0.25, 0.3) is 0 Å². The van der Waals surface area contributed by atoms with Crippen molar-refractivity contribution in [3.63, 3.8) is 0 Å². The van der Waals surface area contributed by atoms with E-state index in [4.69, 9.17) is 4.74 Å². The lowest BCUT2D eigenvalue weighted by Crippen LogP contribution is -2.50. The number of pyridine rings is 1. The fraction of sp³-hybridized carbons (Fsp3) is 0.667. The summed E-state index contributed by atoms with van der Waals surface area (Å²) in [5.41, 5.74) is 1.11. The van der Waals surface area contributed by atoms with Gasteiger partial charge in [0.15, 0.2) is 0 Å². The lowest BCUT2D eigenvalue weighted by Gasteiger charge is -2.34. The molecule has 0 amide bonds. The molecule has 2 heterocycles. The van der Waals surface area contributed by atoms with Crippen LogP contribution in [0.3, 0.4) is 0 Å². The van der Waals surface area contributed by atoms with Crippen LogP contribution in [0.5, 0.6) is 0 Å². The lowest BCUT2D eigenvalue weighted by atomic mass is 9.89. The van der Waals surface area contributed by atoms with Crippen molar-refractivity contribution in [1.29, 1.82) is 0 Å². The molecular weight excluding hydrogens is 224 g/mol. The summed E-state index contributed by atoms with van der Waals surface area (Å²) in [6, 6.07) is 6.47. The molecule has 1 aromatic heterocycles. The van der Waals surface area contributed by atoms with Gasteiger partial charge in [-0.05, 0) is 44.9 Å². The first kappa shape index (κ1) is 13.5. The Morgan fingerprint density at radius 3 is 3.00 bits per heavy atom. The van der Waals surface area contributed by atoms with Crippen molar-refractivity contribution in [2.45, 2.75) is 51.2 Å². The van der Waals surface area contributed by atoms with E-state index in [1.807, 2.05) is 12.3 Å². The standard InChI is InChI=1S/C15H24N2O/c1-3-9-17-14(15(2)8-6-11-18-15)12-13-7-4-5-10-16-13/h4-5,7,10,14,17H,3,6,8-9,11-12H2,1-2H3. The minimum absolute atomic E-state index is 0.0350. The Morgan fingerprint density at radius 2 is 2.39 bits per heavy atom. The van der Waals surface area contributed by atoms with Gasteiger partial charge in [-0.2, -0.15) is 0 Å². The van der Waals surface area contributed by atoms with Gasteiger partial charge in [0.05, 0.1) is 5.60 Å². The largest absolute Gasteiger partial charge is 0.374 e. The molecule has 0 aromatic carbocycles. The molecule has 1 aromatic rings. The second-order valence-corrected chi connectivity index (χ2v) is 5.30. The third kappa shape index (κ3) is 3.30. The van der Waals surface area contributed by atoms with Crippen LogP contribution in [0.2, 0.25) is 0 Å². The first-order valence-corrected chi connectivity index (χ1v) is 7.02. The highest BCUT2D eigenvalue weighted by molar-refractivity contribution is 5.08. The predicted molar refractivity (Wildman–Crippen MR) is 73.6 cm³/mol. The summed E-state index contributed by atoms with van der Waals surface area (Å²) >= 11 is 0. The molecule has 3 heteroatoms. The summed E-state index contributed by atoms with van der Waals surface area (Å²) in [5, 5.41) is 3.64. The van der Waals surface area contributed by atoms with E-state index >= 15 is 0 Å². The molecule has 1 saturated heterocycles. The highest BCUT2D eigenvalue weighted by Gasteiger charge is 2.38. The van der Waals surface area contributed by atoms with Crippen LogP contribution in [0.4, 0.5) is 0 Å². The number of hydrogen-bond acceptors (Lipinski definition) is 3. The highest BCUT2D eigenvalue weighted by Crippen LogP contribution is 2.30. The van der Waals surface area contributed by atoms with Crippen molar-refractivity contribution in [2.75, 3.05) is 13.2 Å². The molecule has 1 fully saturated rings. The molecular formula is C15H24N2O. The molecule has 0 saturated carbocycles. The quantitative estimate of drug-likeness (QED) is 0.840. The van der Waals surface area contributed by atoms with Crippen molar-refractivity contribution in [1.82, 2.24) is 10.3 Å². The van der Waals surface area contributed by atoms with Gasteiger partial charge in [-0.15, -0.1) is 0 Å². The van der Waals surface area contributed by atoms with E-state index in [0.29, 0.717) is 6.04 Å². The van der Waals surface area contributed by atoms with Crippen LogP contribution >= 0.6 is 0 Å². The van der Waals surface area contributed by atoms with Gasteiger partial charge in [-0.3, -0.25) is 4.98 Å². The van der Waals surface area contributed by atoms with Gasteiger partial charge >= 0.3 is 0 Å². The number of nitrogens with zero attached hydrogens (tertiary/aromatic N) is 1. The SMILES string of the molecule is CCCNC(Cc1ccccn1)C1(C)CCCO1. The zero-order valence-electron chi connectivity index (χ0n) is 11.5. The smallest absolute Gasteiger partial charge is 0.0811 e. The molecule has 1 aliphatic rings. The summed E-state index contributed by atoms with van der Waals surface area (Å²) in [7, 11) is 0. The summed E-state index contributed by atoms with van der Waals surface area (Å²) < 4.78 is 5.98. The molecule has 3 nitrogen and oxygen atoms in total. The molecule has 2 atom stereocenters. The Morgan fingerprint density at radius 1 is 1.50 bits per heavy atom. The lowest BCUT2D eigenvalue weighted by molar-refractivity contribution is -0.0116. The van der Waals surface area contributed by atoms with Gasteiger partial charge in [0.2, 0.25) is 0 Å². The Labute approximate surface area is 110 Å². The van der Waals surface area contributed by atoms with E-state index in [2.05, 4.69) is 36.3 Å². The maximum absolute atomic E-state index is 5.98. The Bertz CT molecular complexity index is 347. The molecule has 0 radical (unpaired) electrons. The third-order valence-corrected chi connectivity index (χ3v) is 3.77. The molecule has 18 heavy (non-hydrogen) atoms. The number of ether oxygens (including phenoxy) is 1. The highest BCUT2D eigenvalue weighted by atomic mass is 16.5. The molecule has 1 N–H and O–H groups in total. The molecule has 100 valence electrons. The van der Waals surface area contributed by atoms with Crippen molar-refractivity contribution in [3.05, 3.63) is 30.1 Å². The number of nitrogens with one attached hydrogen (secondary N) is 1. The summed E-state index contributed by atoms with van der Waals surface area (Å²) in [5.74, 6) is 0. The zero-order chi connectivity index (χ0) is 12.8. The van der Waals surface area contributed by atoms with Gasteiger partial charge in [0, 0.05) is 31.0 Å². The average molecular weight is 248 g/mol. The first-order valence-electron chi connectivity index (χ1n) is 7.02. The van der Waals surface area contributed by atoms with Crippen LogP contribution in [0.1, 0.15) is 38.8 Å². The van der Waals surface area contributed by atoms with Crippen molar-refractivity contribution in [2.24, 2.45) is 0 Å². The summed E-state index contributed by atoms with van der Waals surface area (Å²) in [6.45, 7) is 6.36. The maximum atomic E-state index is 5.98. The van der Waals surface area contributed by atoms with Gasteiger partial charge < -0.3 is 10.1 Å². The van der Waals surface area contributed by atoms with Gasteiger partial charge in [-0.25, -0.2) is 0 Å². The Hall–Kier alpha value is -0.930. The third-order valence-electron chi connectivity index (χ3n) is 3.77. The van der Waals surface area contributed by atoms with E-state index in [1.165, 1.54) is 6.42 Å². The van der Waals surface area contributed by atoms with E-state index < -0.39 is 0 Å². The van der Waals surface area contributed by atoms with Crippen LogP contribution in [-0.2, 0) is 11.2 Å². The minimum atomic E-state index is -0.0350. The monoisotopic (exact) mass is 248 g/mol. The number of rotatable bonds is 6. The second-order valence-electron chi connectivity index (χ2n) is 5.30. The van der Waals surface area contributed by atoms with Crippen molar-refractivity contribution >= 4 is 0 Å². The topological polar surface area (TPSA) is 34.2 Å². The second kappa shape index (κ2) is 6.30. The van der Waals surface area contributed by atoms with Crippen LogP contribution in [0, 0.1) is 0 Å². The first-order chi connectivity index (χ1) is 8.74. The van der Waals surface area contributed by atoms with Crippen LogP contribution in [-0.4, -0.2) is 29.8 Å². The normalized spacial score (nSPS) is 25.2. The van der Waals surface area contributed by atoms with E-state index in [-0.39, 0.29) is 5.60 Å². The minimum Gasteiger partial charge on any atom is -0.374 e. The zero-order valence-corrected chi connectivity index (χ0v) is 11.5. The fourth-order valence-corrected chi connectivity index (χ4v) is 2.63. The summed E-state index contributed by atoms with van der Waals surface area (Å²) in [6.07, 6.45) is 6.26. The van der Waals surface area contributed by atoms with E-state index in [0.717, 1.165) is 38.1 Å². The molecule has 2 rings (SSSR count). The molecule has 2 unspecified atom stereocenters. The average Bonchev–Trinajstić information content (AvgIpc) is 2.84. The Kier molecular flexibility index (Phi) is 4.72. The van der Waals surface area contributed by atoms with Gasteiger partial charge in [-0.1, -0.05) is 13.0 Å². The van der Waals surface area contributed by atoms with Gasteiger partial charge in [0.1, 0.15) is 0 Å². The number of aromatic nitrogens is 1. The van der Waals surface area contributed by atoms with Crippen LogP contribution < -0.4 is 5.32 Å². The molecule has 0 spiro atoms.